The Morgan fingerprint density at radius 3 is 2.79 bits per heavy atom. The number of nitrogens with zero attached hydrogens (tertiary/aromatic N) is 2. The highest BCUT2D eigenvalue weighted by atomic mass is 16.5. The Morgan fingerprint density at radius 1 is 1.42 bits per heavy atom. The molecule has 0 aromatic carbocycles. The van der Waals surface area contributed by atoms with E-state index in [1.54, 1.807) is 19.0 Å². The Labute approximate surface area is 115 Å². The van der Waals surface area contributed by atoms with Gasteiger partial charge in [0.15, 0.2) is 0 Å². The number of carbonyl (C=O) groups excluding carboxylic acids is 2. The Bertz CT molecular complexity index is 308. The Balaban J connectivity index is 2.48. The summed E-state index contributed by atoms with van der Waals surface area (Å²) >= 11 is 0. The number of ether oxygens (including phenoxy) is 1. The van der Waals surface area contributed by atoms with Gasteiger partial charge < -0.3 is 15.0 Å². The first-order valence-corrected chi connectivity index (χ1v) is 6.87. The summed E-state index contributed by atoms with van der Waals surface area (Å²) < 4.78 is 5.15. The number of esters is 1. The largest absolute Gasteiger partial charge is 0.465 e. The maximum absolute atomic E-state index is 12.0. The van der Waals surface area contributed by atoms with Crippen LogP contribution in [0.1, 0.15) is 19.8 Å². The lowest BCUT2D eigenvalue weighted by molar-refractivity contribution is -0.147. The molecule has 1 amide bonds. The van der Waals surface area contributed by atoms with Gasteiger partial charge in [-0.2, -0.15) is 0 Å². The van der Waals surface area contributed by atoms with Crippen LogP contribution in [0.5, 0.6) is 0 Å². The molecule has 110 valence electrons. The molecule has 0 aromatic heterocycles. The number of amides is 1. The third-order valence-electron chi connectivity index (χ3n) is 3.17. The molecule has 0 saturated carbocycles. The summed E-state index contributed by atoms with van der Waals surface area (Å²) in [5.74, 6) is -0.222. The van der Waals surface area contributed by atoms with Crippen LogP contribution in [0.4, 0.5) is 0 Å². The molecule has 1 saturated heterocycles. The lowest BCUT2D eigenvalue weighted by Gasteiger charge is -2.35. The second-order valence-electron chi connectivity index (χ2n) is 5.00. The zero-order valence-corrected chi connectivity index (χ0v) is 12.1. The number of likely N-dealkylation sites (N-methyl/N-ethyl adjacent to an activating group) is 1. The lowest BCUT2D eigenvalue weighted by Crippen LogP contribution is -2.58. The molecule has 0 bridgehead atoms. The second kappa shape index (κ2) is 8.12. The van der Waals surface area contributed by atoms with Crippen LogP contribution in [0.25, 0.3) is 0 Å². The van der Waals surface area contributed by atoms with Crippen molar-refractivity contribution in [3.63, 3.8) is 0 Å². The van der Waals surface area contributed by atoms with E-state index in [0.717, 1.165) is 19.4 Å². The van der Waals surface area contributed by atoms with Gasteiger partial charge in [-0.1, -0.05) is 13.3 Å². The number of hydrogen-bond donors (Lipinski definition) is 1. The second-order valence-corrected chi connectivity index (χ2v) is 5.00. The monoisotopic (exact) mass is 271 g/mol. The number of unbranched alkanes of at least 4 members (excludes halogenated alkanes) is 1. The Morgan fingerprint density at radius 2 is 2.16 bits per heavy atom. The molecule has 1 atom stereocenters. The van der Waals surface area contributed by atoms with E-state index >= 15 is 0 Å². The van der Waals surface area contributed by atoms with Gasteiger partial charge in [0.1, 0.15) is 6.04 Å². The lowest BCUT2D eigenvalue weighted by atomic mass is 10.1. The Hall–Kier alpha value is -1.14. The van der Waals surface area contributed by atoms with Crippen molar-refractivity contribution >= 4 is 11.9 Å². The molecular weight excluding hydrogens is 246 g/mol. The minimum Gasteiger partial charge on any atom is -0.465 e. The van der Waals surface area contributed by atoms with E-state index in [1.165, 1.54) is 0 Å². The summed E-state index contributed by atoms with van der Waals surface area (Å²) in [6.45, 7) is 4.77. The van der Waals surface area contributed by atoms with Crippen LogP contribution in [0.2, 0.25) is 0 Å². The summed E-state index contributed by atoms with van der Waals surface area (Å²) in [5.41, 5.74) is 0. The van der Waals surface area contributed by atoms with E-state index in [0.29, 0.717) is 19.7 Å². The van der Waals surface area contributed by atoms with Crippen LogP contribution in [-0.4, -0.2) is 74.6 Å². The van der Waals surface area contributed by atoms with E-state index in [-0.39, 0.29) is 24.5 Å². The molecule has 6 heteroatoms. The van der Waals surface area contributed by atoms with Crippen LogP contribution in [0.15, 0.2) is 0 Å². The summed E-state index contributed by atoms with van der Waals surface area (Å²) in [5, 5.41) is 3.18. The molecule has 0 radical (unpaired) electrons. The van der Waals surface area contributed by atoms with Crippen LogP contribution in [0.3, 0.4) is 0 Å². The van der Waals surface area contributed by atoms with E-state index in [9.17, 15) is 9.59 Å². The van der Waals surface area contributed by atoms with Gasteiger partial charge in [-0.05, 0) is 6.42 Å². The molecule has 19 heavy (non-hydrogen) atoms. The van der Waals surface area contributed by atoms with Crippen molar-refractivity contribution in [3.05, 3.63) is 0 Å². The summed E-state index contributed by atoms with van der Waals surface area (Å²) in [6.07, 6.45) is 1.88. The van der Waals surface area contributed by atoms with Gasteiger partial charge in [0.2, 0.25) is 5.91 Å². The number of rotatable bonds is 6. The molecule has 0 aromatic rings. The van der Waals surface area contributed by atoms with Crippen LogP contribution in [-0.2, 0) is 14.3 Å². The highest BCUT2D eigenvalue weighted by Crippen LogP contribution is 2.06. The van der Waals surface area contributed by atoms with Crippen molar-refractivity contribution < 1.29 is 14.3 Å². The van der Waals surface area contributed by atoms with Crippen LogP contribution < -0.4 is 5.32 Å². The fourth-order valence-corrected chi connectivity index (χ4v) is 2.02. The van der Waals surface area contributed by atoms with E-state index in [4.69, 9.17) is 4.74 Å². The minimum atomic E-state index is -0.275. The van der Waals surface area contributed by atoms with Gasteiger partial charge >= 0.3 is 5.97 Å². The molecule has 1 N–H and O–H groups in total. The molecule has 1 aliphatic heterocycles. The fraction of sp³-hybridized carbons (Fsp3) is 0.846. The maximum atomic E-state index is 12.0. The average Bonchev–Trinajstić information content (AvgIpc) is 2.38. The van der Waals surface area contributed by atoms with Crippen LogP contribution >= 0.6 is 0 Å². The van der Waals surface area contributed by atoms with Gasteiger partial charge in [-0.15, -0.1) is 0 Å². The predicted molar refractivity (Wildman–Crippen MR) is 72.8 cm³/mol. The smallest absolute Gasteiger partial charge is 0.320 e. The van der Waals surface area contributed by atoms with Gasteiger partial charge in [0.25, 0.3) is 0 Å². The number of nitrogens with one attached hydrogen (secondary N) is 1. The molecule has 1 aliphatic rings. The van der Waals surface area contributed by atoms with Crippen molar-refractivity contribution in [2.75, 3.05) is 46.9 Å². The SMILES string of the molecule is CCCCOC(=O)CN1CCNCC1C(=O)N(C)C. The molecular formula is C13H25N3O3. The molecule has 1 unspecified atom stereocenters. The quantitative estimate of drug-likeness (QED) is 0.530. The molecule has 1 rings (SSSR count). The van der Waals surface area contributed by atoms with Crippen molar-refractivity contribution in [1.82, 2.24) is 15.1 Å². The maximum Gasteiger partial charge on any atom is 0.320 e. The summed E-state index contributed by atoms with van der Waals surface area (Å²) in [6, 6.07) is -0.275. The zero-order chi connectivity index (χ0) is 14.3. The van der Waals surface area contributed by atoms with E-state index in [2.05, 4.69) is 12.2 Å². The standard InChI is InChI=1S/C13H25N3O3/c1-4-5-8-19-12(17)10-16-7-6-14-9-11(16)13(18)15(2)3/h11,14H,4-10H2,1-3H3. The molecule has 0 aliphatic carbocycles. The third kappa shape index (κ3) is 5.16. The highest BCUT2D eigenvalue weighted by molar-refractivity contribution is 5.82. The third-order valence-corrected chi connectivity index (χ3v) is 3.17. The first kappa shape index (κ1) is 15.9. The van der Waals surface area contributed by atoms with E-state index < -0.39 is 0 Å². The average molecular weight is 271 g/mol. The Kier molecular flexibility index (Phi) is 6.80. The number of piperazine rings is 1. The van der Waals surface area contributed by atoms with Crippen molar-refractivity contribution in [1.29, 1.82) is 0 Å². The number of hydrogen-bond acceptors (Lipinski definition) is 5. The minimum absolute atomic E-state index is 0.0218. The fourth-order valence-electron chi connectivity index (χ4n) is 2.02. The molecule has 1 fully saturated rings. The number of carbonyl (C=O) groups is 2. The molecule has 0 spiro atoms. The molecule has 6 nitrogen and oxygen atoms in total. The van der Waals surface area contributed by atoms with E-state index in [1.807, 2.05) is 4.90 Å². The van der Waals surface area contributed by atoms with Crippen LogP contribution in [0, 0.1) is 0 Å². The van der Waals surface area contributed by atoms with Gasteiger partial charge in [0.05, 0.1) is 13.2 Å². The van der Waals surface area contributed by atoms with Gasteiger partial charge in [0, 0.05) is 33.7 Å². The van der Waals surface area contributed by atoms with Crippen molar-refractivity contribution in [2.24, 2.45) is 0 Å². The molecule has 1 heterocycles. The normalized spacial score (nSPS) is 20.1. The van der Waals surface area contributed by atoms with Crippen molar-refractivity contribution in [3.8, 4) is 0 Å². The van der Waals surface area contributed by atoms with Crippen molar-refractivity contribution in [2.45, 2.75) is 25.8 Å². The zero-order valence-electron chi connectivity index (χ0n) is 12.1. The van der Waals surface area contributed by atoms with Gasteiger partial charge in [-0.25, -0.2) is 0 Å². The predicted octanol–water partition coefficient (Wildman–Crippen LogP) is -0.308. The first-order chi connectivity index (χ1) is 9.06. The highest BCUT2D eigenvalue weighted by Gasteiger charge is 2.31. The summed E-state index contributed by atoms with van der Waals surface area (Å²) in [7, 11) is 3.46. The summed E-state index contributed by atoms with van der Waals surface area (Å²) in [4.78, 5) is 27.2. The first-order valence-electron chi connectivity index (χ1n) is 6.87. The topological polar surface area (TPSA) is 61.9 Å². The van der Waals surface area contributed by atoms with Gasteiger partial charge in [-0.3, -0.25) is 14.5 Å².